The molecule has 4 heterocycles. The Morgan fingerprint density at radius 1 is 0.973 bits per heavy atom. The van der Waals surface area contributed by atoms with Crippen molar-refractivity contribution in [2.75, 3.05) is 31.1 Å². The quantitative estimate of drug-likeness (QED) is 0.594. The highest BCUT2D eigenvalue weighted by Gasteiger charge is 2.45. The number of benzene rings is 2. The number of piperidine rings is 1. The molecule has 4 aliphatic heterocycles. The average molecular weight is 502 g/mol. The molecule has 0 aromatic heterocycles. The van der Waals surface area contributed by atoms with E-state index in [2.05, 4.69) is 23.1 Å². The first-order valence-electron chi connectivity index (χ1n) is 13.6. The normalized spacial score (nSPS) is 25.2. The first-order valence-corrected chi connectivity index (χ1v) is 13.6. The second kappa shape index (κ2) is 9.28. The van der Waals surface area contributed by atoms with Gasteiger partial charge in [-0.1, -0.05) is 30.3 Å². The number of anilines is 1. The van der Waals surface area contributed by atoms with Crippen LogP contribution in [0.3, 0.4) is 0 Å². The molecule has 0 N–H and O–H groups in total. The number of imide groups is 1. The Hall–Kier alpha value is -3.19. The third-order valence-corrected chi connectivity index (χ3v) is 8.51. The molecule has 2 atom stereocenters. The van der Waals surface area contributed by atoms with Gasteiger partial charge in [0.2, 0.25) is 5.91 Å². The highest BCUT2D eigenvalue weighted by Crippen LogP contribution is 2.38. The van der Waals surface area contributed by atoms with Gasteiger partial charge < -0.3 is 14.5 Å². The molecule has 2 aromatic rings. The summed E-state index contributed by atoms with van der Waals surface area (Å²) in [6, 6.07) is 13.8. The maximum atomic E-state index is 13.7. The third kappa shape index (κ3) is 4.33. The van der Waals surface area contributed by atoms with Crippen LogP contribution < -0.4 is 4.90 Å². The van der Waals surface area contributed by atoms with Gasteiger partial charge in [0.15, 0.2) is 0 Å². The molecular weight excluding hydrogens is 466 g/mol. The molecule has 7 nitrogen and oxygen atoms in total. The Balaban J connectivity index is 1.22. The predicted molar refractivity (Wildman–Crippen MR) is 140 cm³/mol. The van der Waals surface area contributed by atoms with Crippen molar-refractivity contribution in [2.24, 2.45) is 5.92 Å². The van der Waals surface area contributed by atoms with Gasteiger partial charge in [-0.2, -0.15) is 0 Å². The fraction of sp³-hybridized carbons (Fsp3) is 0.500. The Kier molecular flexibility index (Phi) is 6.06. The third-order valence-electron chi connectivity index (χ3n) is 8.51. The van der Waals surface area contributed by atoms with Crippen LogP contribution in [0.25, 0.3) is 0 Å². The van der Waals surface area contributed by atoms with Crippen molar-refractivity contribution in [1.29, 1.82) is 0 Å². The molecular formula is C30H35N3O4. The summed E-state index contributed by atoms with van der Waals surface area (Å²) in [4.78, 5) is 46.3. The van der Waals surface area contributed by atoms with Gasteiger partial charge in [0.05, 0.1) is 28.3 Å². The number of hydrogen-bond acceptors (Lipinski definition) is 5. The largest absolute Gasteiger partial charge is 0.375 e. The number of carbonyl (C=O) groups is 3. The minimum atomic E-state index is -0.365. The van der Waals surface area contributed by atoms with E-state index in [1.165, 1.54) is 16.0 Å². The molecule has 0 unspecified atom stereocenters. The lowest BCUT2D eigenvalue weighted by molar-refractivity contribution is -0.136. The summed E-state index contributed by atoms with van der Waals surface area (Å²) in [6.45, 7) is 7.30. The van der Waals surface area contributed by atoms with E-state index in [0.29, 0.717) is 43.7 Å². The number of hydrogen-bond donors (Lipinski definition) is 0. The highest BCUT2D eigenvalue weighted by atomic mass is 16.5. The zero-order chi connectivity index (χ0) is 25.7. The highest BCUT2D eigenvalue weighted by molar-refractivity contribution is 6.24. The maximum Gasteiger partial charge on any atom is 0.263 e. The number of fused-ring (bicyclic) bond motifs is 2. The van der Waals surface area contributed by atoms with E-state index < -0.39 is 0 Å². The fourth-order valence-corrected chi connectivity index (χ4v) is 6.64. The lowest BCUT2D eigenvalue weighted by atomic mass is 9.92. The summed E-state index contributed by atoms with van der Waals surface area (Å²) < 4.78 is 5.83. The van der Waals surface area contributed by atoms with Crippen LogP contribution in [0, 0.1) is 5.92 Å². The lowest BCUT2D eigenvalue weighted by Gasteiger charge is -2.39. The molecule has 194 valence electrons. The molecule has 2 fully saturated rings. The zero-order valence-corrected chi connectivity index (χ0v) is 21.7. The molecule has 37 heavy (non-hydrogen) atoms. The van der Waals surface area contributed by atoms with Gasteiger partial charge in [0, 0.05) is 38.8 Å². The Morgan fingerprint density at radius 2 is 1.78 bits per heavy atom. The van der Waals surface area contributed by atoms with Gasteiger partial charge >= 0.3 is 0 Å². The Morgan fingerprint density at radius 3 is 2.59 bits per heavy atom. The molecule has 2 saturated heterocycles. The number of amides is 3. The molecule has 3 amide bonds. The van der Waals surface area contributed by atoms with Crippen LogP contribution in [0.15, 0.2) is 42.5 Å². The molecule has 0 spiro atoms. The molecule has 0 saturated carbocycles. The van der Waals surface area contributed by atoms with E-state index in [1.54, 1.807) is 6.07 Å². The van der Waals surface area contributed by atoms with E-state index >= 15 is 0 Å². The summed E-state index contributed by atoms with van der Waals surface area (Å²) in [6.07, 6.45) is 3.90. The van der Waals surface area contributed by atoms with Crippen LogP contribution in [0.1, 0.15) is 71.4 Å². The molecule has 6 rings (SSSR count). The summed E-state index contributed by atoms with van der Waals surface area (Å²) in [5, 5.41) is 0. The second-order valence-corrected chi connectivity index (χ2v) is 11.5. The van der Waals surface area contributed by atoms with Crippen LogP contribution in [0.2, 0.25) is 0 Å². The molecule has 0 radical (unpaired) electrons. The topological polar surface area (TPSA) is 70.2 Å². The first-order chi connectivity index (χ1) is 17.8. The standard InChI is InChI=1S/C30H35N3O4/c1-30(2)17-23(13-16-37-30)33-28(35)24-10-5-11-25(26(24)29(33)36)31-14-6-9-22(19-31)27(34)32-15-12-20-7-3-4-8-21(20)18-32/h3-5,7-8,10-11,22-23H,6,9,12-19H2,1-2H3/t22-,23-/m0/s1. The molecule has 4 aliphatic rings. The minimum Gasteiger partial charge on any atom is -0.375 e. The molecule has 2 aromatic carbocycles. The van der Waals surface area contributed by atoms with Gasteiger partial charge in [0.1, 0.15) is 0 Å². The van der Waals surface area contributed by atoms with E-state index in [1.807, 2.05) is 36.9 Å². The minimum absolute atomic E-state index is 0.116. The van der Waals surface area contributed by atoms with Crippen molar-refractivity contribution >= 4 is 23.4 Å². The van der Waals surface area contributed by atoms with Gasteiger partial charge in [-0.3, -0.25) is 19.3 Å². The van der Waals surface area contributed by atoms with E-state index in [4.69, 9.17) is 4.74 Å². The first kappa shape index (κ1) is 24.2. The van der Waals surface area contributed by atoms with Crippen molar-refractivity contribution in [3.05, 3.63) is 64.7 Å². The van der Waals surface area contributed by atoms with Gasteiger partial charge in [-0.05, 0) is 69.2 Å². The summed E-state index contributed by atoms with van der Waals surface area (Å²) >= 11 is 0. The van der Waals surface area contributed by atoms with Gasteiger partial charge in [0.25, 0.3) is 11.8 Å². The van der Waals surface area contributed by atoms with Crippen molar-refractivity contribution in [3.63, 3.8) is 0 Å². The Labute approximate surface area is 218 Å². The maximum absolute atomic E-state index is 13.7. The smallest absolute Gasteiger partial charge is 0.263 e. The van der Waals surface area contributed by atoms with Crippen molar-refractivity contribution in [2.45, 2.75) is 64.1 Å². The molecule has 0 aliphatic carbocycles. The van der Waals surface area contributed by atoms with Crippen LogP contribution in [-0.4, -0.2) is 65.4 Å². The predicted octanol–water partition coefficient (Wildman–Crippen LogP) is 4.04. The summed E-state index contributed by atoms with van der Waals surface area (Å²) in [5.41, 5.74) is 3.96. The number of ether oxygens (including phenoxy) is 1. The van der Waals surface area contributed by atoms with E-state index in [9.17, 15) is 14.4 Å². The fourth-order valence-electron chi connectivity index (χ4n) is 6.64. The van der Waals surface area contributed by atoms with Crippen LogP contribution >= 0.6 is 0 Å². The number of nitrogens with zero attached hydrogens (tertiary/aromatic N) is 3. The average Bonchev–Trinajstić information content (AvgIpc) is 3.17. The summed E-state index contributed by atoms with van der Waals surface area (Å²) in [7, 11) is 0. The van der Waals surface area contributed by atoms with Crippen LogP contribution in [0.4, 0.5) is 5.69 Å². The molecule has 0 bridgehead atoms. The van der Waals surface area contributed by atoms with Gasteiger partial charge in [-0.25, -0.2) is 0 Å². The molecule has 7 heteroatoms. The van der Waals surface area contributed by atoms with Crippen molar-refractivity contribution < 1.29 is 19.1 Å². The van der Waals surface area contributed by atoms with E-state index in [0.717, 1.165) is 38.0 Å². The van der Waals surface area contributed by atoms with Gasteiger partial charge in [-0.15, -0.1) is 0 Å². The number of carbonyl (C=O) groups excluding carboxylic acids is 3. The van der Waals surface area contributed by atoms with Crippen molar-refractivity contribution in [1.82, 2.24) is 9.80 Å². The lowest BCUT2D eigenvalue weighted by Crippen LogP contribution is -2.48. The number of rotatable bonds is 3. The second-order valence-electron chi connectivity index (χ2n) is 11.5. The van der Waals surface area contributed by atoms with Crippen molar-refractivity contribution in [3.8, 4) is 0 Å². The SMILES string of the molecule is CC1(C)C[C@@H](N2C(=O)c3cccc(N4CCC[C@H](C(=O)N5CCc6ccccc6C5)C4)c3C2=O)CCO1. The van der Waals surface area contributed by atoms with Crippen LogP contribution in [-0.2, 0) is 22.5 Å². The monoisotopic (exact) mass is 501 g/mol. The van der Waals surface area contributed by atoms with Crippen LogP contribution in [0.5, 0.6) is 0 Å². The zero-order valence-electron chi connectivity index (χ0n) is 21.7. The Bertz CT molecular complexity index is 1260. The summed E-state index contributed by atoms with van der Waals surface area (Å²) in [5.74, 6) is -0.338. The van der Waals surface area contributed by atoms with E-state index in [-0.39, 0.29) is 35.3 Å².